The molecule has 1 aliphatic rings. The molecule has 0 spiro atoms. The molecule has 0 saturated heterocycles. The third-order valence-electron chi connectivity index (χ3n) is 3.95. The summed E-state index contributed by atoms with van der Waals surface area (Å²) in [5, 5.41) is 2.94. The molecule has 21 heavy (non-hydrogen) atoms. The lowest BCUT2D eigenvalue weighted by Gasteiger charge is -2.26. The Labute approximate surface area is 127 Å². The van der Waals surface area contributed by atoms with Gasteiger partial charge in [-0.3, -0.25) is 9.00 Å². The molecule has 1 fully saturated rings. The number of rotatable bonds is 5. The Bertz CT molecular complexity index is 513. The Balaban J connectivity index is 1.77. The van der Waals surface area contributed by atoms with Crippen molar-refractivity contribution in [3.63, 3.8) is 0 Å². The molecule has 1 atom stereocenters. The fourth-order valence-electron chi connectivity index (χ4n) is 2.66. The van der Waals surface area contributed by atoms with Crippen LogP contribution in [0.3, 0.4) is 0 Å². The summed E-state index contributed by atoms with van der Waals surface area (Å²) in [5.41, 5.74) is 0.398. The zero-order valence-electron chi connectivity index (χ0n) is 12.3. The average molecular weight is 311 g/mol. The van der Waals surface area contributed by atoms with Gasteiger partial charge in [-0.05, 0) is 37.7 Å². The van der Waals surface area contributed by atoms with E-state index in [0.717, 1.165) is 31.6 Å². The number of nitrogens with one attached hydrogen (secondary N) is 1. The van der Waals surface area contributed by atoms with Crippen LogP contribution < -0.4 is 5.32 Å². The highest BCUT2D eigenvalue weighted by Crippen LogP contribution is 2.23. The minimum absolute atomic E-state index is 0.0552. The molecule has 1 aliphatic carbocycles. The highest BCUT2D eigenvalue weighted by molar-refractivity contribution is 7.84. The predicted molar refractivity (Wildman–Crippen MR) is 82.7 cm³/mol. The van der Waals surface area contributed by atoms with E-state index in [0.29, 0.717) is 5.56 Å². The molecular formula is C16H22FNO2S. The van der Waals surface area contributed by atoms with E-state index in [1.54, 1.807) is 18.2 Å². The van der Waals surface area contributed by atoms with Crippen LogP contribution in [0.25, 0.3) is 0 Å². The van der Waals surface area contributed by atoms with Gasteiger partial charge in [0.05, 0.1) is 5.75 Å². The highest BCUT2D eigenvalue weighted by Gasteiger charge is 2.20. The Morgan fingerprint density at radius 3 is 2.62 bits per heavy atom. The standard InChI is InChI=1S/C16H22FNO2S/c1-12-6-8-14(9-7-12)18-16(19)11-21(20)10-13-4-2-3-5-15(13)17/h2-5,12,14H,6-11H2,1H3,(H,18,19)/t12?,14?,21-/m0/s1. The van der Waals surface area contributed by atoms with E-state index in [9.17, 15) is 13.4 Å². The smallest absolute Gasteiger partial charge is 0.232 e. The van der Waals surface area contributed by atoms with Gasteiger partial charge in [0.1, 0.15) is 11.6 Å². The van der Waals surface area contributed by atoms with Gasteiger partial charge in [-0.25, -0.2) is 4.39 Å². The Morgan fingerprint density at radius 1 is 1.29 bits per heavy atom. The monoisotopic (exact) mass is 311 g/mol. The largest absolute Gasteiger partial charge is 0.353 e. The molecule has 2 rings (SSSR count). The second-order valence-electron chi connectivity index (χ2n) is 5.84. The second-order valence-corrected chi connectivity index (χ2v) is 7.30. The van der Waals surface area contributed by atoms with Crippen LogP contribution in [-0.4, -0.2) is 21.9 Å². The molecule has 0 heterocycles. The fourth-order valence-corrected chi connectivity index (χ4v) is 3.72. The van der Waals surface area contributed by atoms with Gasteiger partial charge < -0.3 is 5.32 Å². The van der Waals surface area contributed by atoms with Crippen molar-refractivity contribution in [1.82, 2.24) is 5.32 Å². The number of benzene rings is 1. The van der Waals surface area contributed by atoms with Crippen molar-refractivity contribution in [3.8, 4) is 0 Å². The summed E-state index contributed by atoms with van der Waals surface area (Å²) in [6, 6.07) is 6.46. The van der Waals surface area contributed by atoms with E-state index in [1.165, 1.54) is 6.07 Å². The Kier molecular flexibility index (Phi) is 5.91. The van der Waals surface area contributed by atoms with E-state index < -0.39 is 10.8 Å². The summed E-state index contributed by atoms with van der Waals surface area (Å²) in [5.74, 6) is 0.201. The van der Waals surface area contributed by atoms with E-state index in [1.807, 2.05) is 0 Å². The van der Waals surface area contributed by atoms with Crippen LogP contribution in [0.1, 0.15) is 38.2 Å². The predicted octanol–water partition coefficient (Wildman–Crippen LogP) is 2.77. The zero-order chi connectivity index (χ0) is 15.2. The summed E-state index contributed by atoms with van der Waals surface area (Å²) >= 11 is 0. The second kappa shape index (κ2) is 7.69. The summed E-state index contributed by atoms with van der Waals surface area (Å²) in [7, 11) is -1.37. The first-order valence-electron chi connectivity index (χ1n) is 7.42. The molecule has 1 aromatic carbocycles. The maximum absolute atomic E-state index is 13.5. The molecule has 1 N–H and O–H groups in total. The van der Waals surface area contributed by atoms with Crippen molar-refractivity contribution in [2.75, 3.05) is 5.75 Å². The Morgan fingerprint density at radius 2 is 1.95 bits per heavy atom. The molecule has 1 amide bonds. The Hall–Kier alpha value is -1.23. The number of hydrogen-bond acceptors (Lipinski definition) is 2. The van der Waals surface area contributed by atoms with Gasteiger partial charge in [-0.15, -0.1) is 0 Å². The van der Waals surface area contributed by atoms with Gasteiger partial charge in [0, 0.05) is 22.4 Å². The molecule has 0 radical (unpaired) electrons. The van der Waals surface area contributed by atoms with Crippen molar-refractivity contribution in [2.24, 2.45) is 5.92 Å². The molecule has 0 unspecified atom stereocenters. The summed E-state index contributed by atoms with van der Waals surface area (Å²) in [6.45, 7) is 2.22. The summed E-state index contributed by atoms with van der Waals surface area (Å²) in [4.78, 5) is 11.9. The van der Waals surface area contributed by atoms with Crippen LogP contribution in [0.4, 0.5) is 4.39 Å². The van der Waals surface area contributed by atoms with Gasteiger partial charge >= 0.3 is 0 Å². The quantitative estimate of drug-likeness (QED) is 0.909. The molecule has 116 valence electrons. The highest BCUT2D eigenvalue weighted by atomic mass is 32.2. The van der Waals surface area contributed by atoms with Crippen molar-refractivity contribution in [3.05, 3.63) is 35.6 Å². The van der Waals surface area contributed by atoms with Gasteiger partial charge in [0.25, 0.3) is 0 Å². The molecule has 0 aromatic heterocycles. The maximum atomic E-state index is 13.5. The lowest BCUT2D eigenvalue weighted by Crippen LogP contribution is -2.39. The normalized spacial score (nSPS) is 23.5. The number of carbonyl (C=O) groups is 1. The summed E-state index contributed by atoms with van der Waals surface area (Å²) in [6.07, 6.45) is 4.24. The topological polar surface area (TPSA) is 46.2 Å². The van der Waals surface area contributed by atoms with Gasteiger partial charge in [0.2, 0.25) is 5.91 Å². The van der Waals surface area contributed by atoms with E-state index in [2.05, 4.69) is 12.2 Å². The van der Waals surface area contributed by atoms with Gasteiger partial charge in [-0.2, -0.15) is 0 Å². The molecule has 0 bridgehead atoms. The number of hydrogen-bond donors (Lipinski definition) is 1. The minimum Gasteiger partial charge on any atom is -0.353 e. The zero-order valence-corrected chi connectivity index (χ0v) is 13.1. The first-order chi connectivity index (χ1) is 10.0. The number of amides is 1. The van der Waals surface area contributed by atoms with Gasteiger partial charge in [-0.1, -0.05) is 25.1 Å². The molecule has 3 nitrogen and oxygen atoms in total. The fraction of sp³-hybridized carbons (Fsp3) is 0.562. The van der Waals surface area contributed by atoms with Crippen LogP contribution in [0.2, 0.25) is 0 Å². The lowest BCUT2D eigenvalue weighted by molar-refractivity contribution is -0.119. The van der Waals surface area contributed by atoms with Crippen molar-refractivity contribution >= 4 is 16.7 Å². The number of halogens is 1. The molecule has 5 heteroatoms. The van der Waals surface area contributed by atoms with E-state index in [4.69, 9.17) is 0 Å². The average Bonchev–Trinajstić information content (AvgIpc) is 2.44. The van der Waals surface area contributed by atoms with E-state index in [-0.39, 0.29) is 29.3 Å². The lowest BCUT2D eigenvalue weighted by atomic mass is 9.87. The molecule has 1 saturated carbocycles. The van der Waals surface area contributed by atoms with Crippen LogP contribution in [-0.2, 0) is 21.3 Å². The summed E-state index contributed by atoms with van der Waals surface area (Å²) < 4.78 is 25.4. The third-order valence-corrected chi connectivity index (χ3v) is 5.16. The minimum atomic E-state index is -1.37. The first kappa shape index (κ1) is 16.1. The van der Waals surface area contributed by atoms with Crippen LogP contribution >= 0.6 is 0 Å². The van der Waals surface area contributed by atoms with E-state index >= 15 is 0 Å². The maximum Gasteiger partial charge on any atom is 0.232 e. The molecule has 0 aliphatic heterocycles. The third kappa shape index (κ3) is 5.23. The van der Waals surface area contributed by atoms with Crippen molar-refractivity contribution < 1.29 is 13.4 Å². The first-order valence-corrected chi connectivity index (χ1v) is 8.91. The van der Waals surface area contributed by atoms with Crippen molar-refractivity contribution in [1.29, 1.82) is 0 Å². The van der Waals surface area contributed by atoms with Crippen LogP contribution in [0, 0.1) is 11.7 Å². The molecular weight excluding hydrogens is 289 g/mol. The van der Waals surface area contributed by atoms with Crippen LogP contribution in [0.5, 0.6) is 0 Å². The van der Waals surface area contributed by atoms with Crippen LogP contribution in [0.15, 0.2) is 24.3 Å². The SMILES string of the molecule is CC1CCC(NC(=O)C[S@@](=O)Cc2ccccc2F)CC1. The van der Waals surface area contributed by atoms with Crippen molar-refractivity contribution in [2.45, 2.75) is 44.4 Å². The number of carbonyl (C=O) groups excluding carboxylic acids is 1. The van der Waals surface area contributed by atoms with Gasteiger partial charge in [0.15, 0.2) is 0 Å². The molecule has 1 aromatic rings.